The summed E-state index contributed by atoms with van der Waals surface area (Å²) in [6.45, 7) is 6.39. The van der Waals surface area contributed by atoms with Crippen LogP contribution in [0.2, 0.25) is 0 Å². The van der Waals surface area contributed by atoms with Gasteiger partial charge in [-0.05, 0) is 37.5 Å². The number of carbonyl (C=O) groups is 1. The van der Waals surface area contributed by atoms with Crippen LogP contribution in [0.1, 0.15) is 95.6 Å². The number of benzene rings is 2. The Morgan fingerprint density at radius 3 is 2.05 bits per heavy atom. The van der Waals surface area contributed by atoms with Crippen molar-refractivity contribution in [2.45, 2.75) is 104 Å². The van der Waals surface area contributed by atoms with E-state index in [2.05, 4.69) is 57.4 Å². The molecule has 4 nitrogen and oxygen atoms in total. The zero-order chi connectivity index (χ0) is 26.8. The number of esters is 1. The van der Waals surface area contributed by atoms with Gasteiger partial charge in [-0.15, -0.1) is 0 Å². The zero-order valence-corrected chi connectivity index (χ0v) is 24.1. The summed E-state index contributed by atoms with van der Waals surface area (Å²) in [7, 11) is 4.41. The van der Waals surface area contributed by atoms with Crippen molar-refractivity contribution in [1.29, 1.82) is 0 Å². The van der Waals surface area contributed by atoms with Gasteiger partial charge in [-0.25, -0.2) is 0 Å². The second-order valence-corrected chi connectivity index (χ2v) is 11.2. The quantitative estimate of drug-likeness (QED) is 0.102. The van der Waals surface area contributed by atoms with Crippen molar-refractivity contribution in [2.24, 2.45) is 0 Å². The molecule has 0 aliphatic heterocycles. The minimum Gasteiger partial charge on any atom is -0.487 e. The molecule has 0 aliphatic carbocycles. The summed E-state index contributed by atoms with van der Waals surface area (Å²) in [6.07, 6.45) is 14.4. The molecule has 206 valence electrons. The van der Waals surface area contributed by atoms with Gasteiger partial charge in [0.2, 0.25) is 0 Å². The Morgan fingerprint density at radius 1 is 0.784 bits per heavy atom. The van der Waals surface area contributed by atoms with E-state index >= 15 is 0 Å². The molecule has 37 heavy (non-hydrogen) atoms. The van der Waals surface area contributed by atoms with E-state index in [1.165, 1.54) is 68.9 Å². The molecule has 4 heteroatoms. The maximum atomic E-state index is 12.2. The van der Waals surface area contributed by atoms with Crippen molar-refractivity contribution in [2.75, 3.05) is 27.2 Å². The van der Waals surface area contributed by atoms with Crippen molar-refractivity contribution in [3.05, 3.63) is 65.7 Å². The molecular weight excluding hydrogens is 458 g/mol. The number of aryl methyl sites for hydroxylation is 1. The van der Waals surface area contributed by atoms with Crippen LogP contribution in [0, 0.1) is 0 Å². The highest BCUT2D eigenvalue weighted by molar-refractivity contribution is 5.69. The monoisotopic (exact) mass is 510 g/mol. The molecule has 0 spiro atoms. The third-order valence-corrected chi connectivity index (χ3v) is 6.91. The van der Waals surface area contributed by atoms with Gasteiger partial charge in [0.05, 0.1) is 27.1 Å². The number of nitrogens with zero attached hydrogens (tertiary/aromatic N) is 1. The topological polar surface area (TPSA) is 35.5 Å². The summed E-state index contributed by atoms with van der Waals surface area (Å²) in [6, 6.07) is 18.9. The van der Waals surface area contributed by atoms with E-state index in [1.54, 1.807) is 0 Å². The fourth-order valence-corrected chi connectivity index (χ4v) is 4.73. The molecule has 0 N–H and O–H groups in total. The van der Waals surface area contributed by atoms with Gasteiger partial charge in [0.1, 0.15) is 25.0 Å². The number of carbonyl (C=O) groups excluding carboxylic acids is 1. The van der Waals surface area contributed by atoms with E-state index < -0.39 is 0 Å². The fourth-order valence-electron chi connectivity index (χ4n) is 4.73. The lowest BCUT2D eigenvalue weighted by Gasteiger charge is -2.29. The van der Waals surface area contributed by atoms with Crippen LogP contribution in [0.5, 0.6) is 5.75 Å². The summed E-state index contributed by atoms with van der Waals surface area (Å²) >= 11 is 0. The molecule has 2 aromatic carbocycles. The standard InChI is InChI=1S/C33H52NO3/c1-5-6-7-8-9-10-11-12-14-18-30-22-24-32(25-23-30)37-29(2)28-36-33(35)21-17-26-34(3,4)27-31-19-15-13-16-20-31/h13,15-16,19-20,22-25,29H,5-12,14,17-18,21,26-28H2,1-4H3/q+1. The summed E-state index contributed by atoms with van der Waals surface area (Å²) < 4.78 is 12.3. The first-order valence-electron chi connectivity index (χ1n) is 14.6. The minimum absolute atomic E-state index is 0.147. The van der Waals surface area contributed by atoms with Crippen molar-refractivity contribution in [3.63, 3.8) is 0 Å². The van der Waals surface area contributed by atoms with Crippen LogP contribution in [-0.4, -0.2) is 43.8 Å². The molecule has 0 fully saturated rings. The van der Waals surface area contributed by atoms with Gasteiger partial charge in [-0.1, -0.05) is 101 Å². The zero-order valence-electron chi connectivity index (χ0n) is 24.1. The molecule has 0 saturated heterocycles. The first-order chi connectivity index (χ1) is 17.9. The van der Waals surface area contributed by atoms with Crippen molar-refractivity contribution >= 4 is 5.97 Å². The SMILES string of the molecule is CCCCCCCCCCCc1ccc(OC(C)COC(=O)CCC[N+](C)(C)Cc2ccccc2)cc1. The van der Waals surface area contributed by atoms with Gasteiger partial charge in [0, 0.05) is 12.0 Å². The summed E-state index contributed by atoms with van der Waals surface area (Å²) in [5.41, 5.74) is 2.68. The van der Waals surface area contributed by atoms with Gasteiger partial charge in [0.25, 0.3) is 0 Å². The predicted molar refractivity (Wildman–Crippen MR) is 155 cm³/mol. The first kappa shape index (κ1) is 30.9. The highest BCUT2D eigenvalue weighted by Crippen LogP contribution is 2.17. The van der Waals surface area contributed by atoms with Crippen LogP contribution in [0.15, 0.2) is 54.6 Å². The molecule has 0 aromatic heterocycles. The number of hydrogen-bond donors (Lipinski definition) is 0. The van der Waals surface area contributed by atoms with Gasteiger partial charge < -0.3 is 14.0 Å². The van der Waals surface area contributed by atoms with Crippen LogP contribution in [0.3, 0.4) is 0 Å². The molecule has 0 radical (unpaired) electrons. The van der Waals surface area contributed by atoms with Crippen molar-refractivity contribution < 1.29 is 18.8 Å². The van der Waals surface area contributed by atoms with Crippen LogP contribution in [-0.2, 0) is 22.5 Å². The van der Waals surface area contributed by atoms with Crippen molar-refractivity contribution in [1.82, 2.24) is 0 Å². The average Bonchev–Trinajstić information content (AvgIpc) is 2.87. The maximum absolute atomic E-state index is 12.2. The number of quaternary nitrogens is 1. The number of unbranched alkanes of at least 4 members (excludes halogenated alkanes) is 8. The van der Waals surface area contributed by atoms with E-state index in [4.69, 9.17) is 9.47 Å². The number of hydrogen-bond acceptors (Lipinski definition) is 3. The number of ether oxygens (including phenoxy) is 2. The summed E-state index contributed by atoms with van der Waals surface area (Å²) in [5.74, 6) is 0.686. The molecule has 1 atom stereocenters. The van der Waals surface area contributed by atoms with Crippen LogP contribution in [0.4, 0.5) is 0 Å². The number of rotatable bonds is 20. The Bertz CT molecular complexity index is 848. The normalized spacial score (nSPS) is 12.3. The van der Waals surface area contributed by atoms with Gasteiger partial charge >= 0.3 is 5.97 Å². The molecular formula is C33H52NO3+. The summed E-state index contributed by atoms with van der Waals surface area (Å²) in [5, 5.41) is 0. The van der Waals surface area contributed by atoms with E-state index in [-0.39, 0.29) is 18.7 Å². The summed E-state index contributed by atoms with van der Waals surface area (Å²) in [4.78, 5) is 12.2. The lowest BCUT2D eigenvalue weighted by atomic mass is 10.0. The molecule has 0 aliphatic rings. The van der Waals surface area contributed by atoms with Crippen LogP contribution >= 0.6 is 0 Å². The highest BCUT2D eigenvalue weighted by Gasteiger charge is 2.17. The minimum atomic E-state index is -0.169. The van der Waals surface area contributed by atoms with E-state index in [1.807, 2.05) is 25.1 Å². The average molecular weight is 511 g/mol. The Labute approximate surface area is 227 Å². The fraction of sp³-hybridized carbons (Fsp3) is 0.606. The van der Waals surface area contributed by atoms with Crippen molar-refractivity contribution in [3.8, 4) is 5.75 Å². The van der Waals surface area contributed by atoms with E-state index in [0.717, 1.165) is 36.2 Å². The second-order valence-electron chi connectivity index (χ2n) is 11.2. The molecule has 2 rings (SSSR count). The Hall–Kier alpha value is -2.33. The van der Waals surface area contributed by atoms with E-state index in [0.29, 0.717) is 6.42 Å². The molecule has 0 amide bonds. The largest absolute Gasteiger partial charge is 0.487 e. The highest BCUT2D eigenvalue weighted by atomic mass is 16.6. The van der Waals surface area contributed by atoms with Gasteiger partial charge in [-0.3, -0.25) is 4.79 Å². The van der Waals surface area contributed by atoms with Crippen LogP contribution in [0.25, 0.3) is 0 Å². The smallest absolute Gasteiger partial charge is 0.306 e. The lowest BCUT2D eigenvalue weighted by Crippen LogP contribution is -2.39. The molecule has 1 unspecified atom stereocenters. The van der Waals surface area contributed by atoms with Gasteiger partial charge in [-0.2, -0.15) is 0 Å². The third kappa shape index (κ3) is 14.9. The van der Waals surface area contributed by atoms with Crippen LogP contribution < -0.4 is 4.74 Å². The Morgan fingerprint density at radius 2 is 1.41 bits per heavy atom. The maximum Gasteiger partial charge on any atom is 0.306 e. The molecule has 0 saturated carbocycles. The first-order valence-corrected chi connectivity index (χ1v) is 14.6. The molecule has 0 heterocycles. The third-order valence-electron chi connectivity index (χ3n) is 6.91. The van der Waals surface area contributed by atoms with E-state index in [9.17, 15) is 4.79 Å². The Kier molecular flexibility index (Phi) is 15.0. The Balaban J connectivity index is 1.54. The molecule has 0 bridgehead atoms. The second kappa shape index (κ2) is 18.0. The predicted octanol–water partition coefficient (Wildman–Crippen LogP) is 8.13. The lowest BCUT2D eigenvalue weighted by molar-refractivity contribution is -0.903. The molecule has 2 aromatic rings. The van der Waals surface area contributed by atoms with Gasteiger partial charge in [0.15, 0.2) is 0 Å².